The van der Waals surface area contributed by atoms with Crippen LogP contribution in [0.15, 0.2) is 53.4 Å². The summed E-state index contributed by atoms with van der Waals surface area (Å²) in [5.41, 5.74) is 1.87. The van der Waals surface area contributed by atoms with Crippen LogP contribution in [0.25, 0.3) is 0 Å². The zero-order valence-corrected chi connectivity index (χ0v) is 18.0. The number of rotatable bonds is 5. The molecule has 0 heterocycles. The number of carbonyl (C=O) groups is 1. The molecule has 6 heteroatoms. The summed E-state index contributed by atoms with van der Waals surface area (Å²) in [5, 5.41) is 3.34. The summed E-state index contributed by atoms with van der Waals surface area (Å²) in [6.45, 7) is 1.86. The third kappa shape index (κ3) is 3.62. The van der Waals surface area contributed by atoms with Crippen LogP contribution < -0.4 is 10.0 Å². The van der Waals surface area contributed by atoms with Crippen molar-refractivity contribution in [2.45, 2.75) is 55.9 Å². The highest BCUT2D eigenvalue weighted by Crippen LogP contribution is 2.55. The quantitative estimate of drug-likeness (QED) is 0.742. The first-order valence-electron chi connectivity index (χ1n) is 10.8. The molecule has 0 atom stereocenters. The predicted octanol–water partition coefficient (Wildman–Crippen LogP) is 4.49. The Kier molecular flexibility index (Phi) is 4.65. The molecular formula is C24H28N2O3S. The predicted molar refractivity (Wildman–Crippen MR) is 117 cm³/mol. The first kappa shape index (κ1) is 19.6. The lowest BCUT2D eigenvalue weighted by Crippen LogP contribution is -2.59. The molecule has 1 amide bonds. The first-order chi connectivity index (χ1) is 14.3. The van der Waals surface area contributed by atoms with Crippen LogP contribution in [0.2, 0.25) is 0 Å². The summed E-state index contributed by atoms with van der Waals surface area (Å²) in [5.74, 6) is 2.19. The molecule has 2 aromatic carbocycles. The first-order valence-corrected chi connectivity index (χ1v) is 12.3. The van der Waals surface area contributed by atoms with E-state index in [1.807, 2.05) is 19.1 Å². The molecule has 4 aliphatic carbocycles. The molecule has 0 saturated heterocycles. The number of hydrogen-bond donors (Lipinski definition) is 2. The molecule has 0 spiro atoms. The fourth-order valence-corrected chi connectivity index (χ4v) is 7.38. The van der Waals surface area contributed by atoms with Crippen molar-refractivity contribution < 1.29 is 13.2 Å². The van der Waals surface area contributed by atoms with Crippen LogP contribution in [-0.2, 0) is 10.0 Å². The van der Waals surface area contributed by atoms with Gasteiger partial charge in [-0.3, -0.25) is 9.52 Å². The van der Waals surface area contributed by atoms with Gasteiger partial charge in [-0.15, -0.1) is 0 Å². The van der Waals surface area contributed by atoms with Gasteiger partial charge in [0.15, 0.2) is 0 Å². The monoisotopic (exact) mass is 424 g/mol. The molecule has 6 rings (SSSR count). The maximum atomic E-state index is 12.9. The molecule has 4 fully saturated rings. The topological polar surface area (TPSA) is 75.3 Å². The minimum Gasteiger partial charge on any atom is -0.347 e. The highest BCUT2D eigenvalue weighted by Gasteiger charge is 2.51. The highest BCUT2D eigenvalue weighted by atomic mass is 32.2. The van der Waals surface area contributed by atoms with Crippen molar-refractivity contribution in [3.63, 3.8) is 0 Å². The molecule has 4 bridgehead atoms. The van der Waals surface area contributed by atoms with Crippen LogP contribution in [0.1, 0.15) is 54.4 Å². The van der Waals surface area contributed by atoms with Gasteiger partial charge in [-0.05, 0) is 99.1 Å². The van der Waals surface area contributed by atoms with E-state index in [-0.39, 0.29) is 16.3 Å². The summed E-state index contributed by atoms with van der Waals surface area (Å²) in [6.07, 6.45) is 7.27. The van der Waals surface area contributed by atoms with Crippen LogP contribution in [0, 0.1) is 24.7 Å². The van der Waals surface area contributed by atoms with Crippen LogP contribution in [0.4, 0.5) is 5.69 Å². The van der Waals surface area contributed by atoms with Crippen molar-refractivity contribution in [2.75, 3.05) is 4.72 Å². The Labute approximate surface area is 178 Å². The number of benzene rings is 2. The Morgan fingerprint density at radius 1 is 0.900 bits per heavy atom. The van der Waals surface area contributed by atoms with Crippen molar-refractivity contribution in [3.05, 3.63) is 59.7 Å². The maximum Gasteiger partial charge on any atom is 0.261 e. The Morgan fingerprint density at radius 2 is 1.47 bits per heavy atom. The molecule has 158 valence electrons. The van der Waals surface area contributed by atoms with E-state index in [0.29, 0.717) is 11.3 Å². The van der Waals surface area contributed by atoms with Gasteiger partial charge >= 0.3 is 0 Å². The second-order valence-corrected chi connectivity index (χ2v) is 11.3. The van der Waals surface area contributed by atoms with Crippen molar-refractivity contribution in [1.29, 1.82) is 0 Å². The third-order valence-corrected chi connectivity index (χ3v) is 8.61. The molecule has 0 aliphatic heterocycles. The molecule has 2 aromatic rings. The minimum atomic E-state index is -3.70. The van der Waals surface area contributed by atoms with E-state index in [0.717, 1.165) is 42.6 Å². The van der Waals surface area contributed by atoms with Gasteiger partial charge in [-0.2, -0.15) is 0 Å². The van der Waals surface area contributed by atoms with E-state index < -0.39 is 10.0 Å². The van der Waals surface area contributed by atoms with Gasteiger partial charge in [0.05, 0.1) is 10.6 Å². The molecular weight excluding hydrogens is 396 g/mol. The zero-order chi connectivity index (χ0) is 20.9. The lowest BCUT2D eigenvalue weighted by Gasteiger charge is -2.56. The number of hydrogen-bond acceptors (Lipinski definition) is 3. The lowest BCUT2D eigenvalue weighted by atomic mass is 9.53. The fraction of sp³-hybridized carbons (Fsp3) is 0.458. The lowest BCUT2D eigenvalue weighted by molar-refractivity contribution is -0.0167. The average molecular weight is 425 g/mol. The Hall–Kier alpha value is -2.34. The standard InChI is InChI=1S/C24H28N2O3S/c1-16-4-2-3-5-22(16)26-30(28,29)21-8-6-20(7-9-21)23(27)25-24-13-17-10-18(14-24)12-19(11-17)15-24/h2-9,17-19,26H,10-15H2,1H3,(H,25,27). The normalized spacial score (nSPS) is 29.6. The van der Waals surface area contributed by atoms with Crippen molar-refractivity contribution >= 4 is 21.6 Å². The summed E-state index contributed by atoms with van der Waals surface area (Å²) < 4.78 is 28.1. The fourth-order valence-electron chi connectivity index (χ4n) is 6.25. The van der Waals surface area contributed by atoms with Gasteiger partial charge in [-0.1, -0.05) is 18.2 Å². The number of carbonyl (C=O) groups excluding carboxylic acids is 1. The average Bonchev–Trinajstić information content (AvgIpc) is 2.68. The molecule has 5 nitrogen and oxygen atoms in total. The summed E-state index contributed by atoms with van der Waals surface area (Å²) in [7, 11) is -3.70. The van der Waals surface area contributed by atoms with Gasteiger partial charge < -0.3 is 5.32 Å². The number of para-hydroxylation sites is 1. The SMILES string of the molecule is Cc1ccccc1NS(=O)(=O)c1ccc(C(=O)NC23CC4CC(CC(C4)C2)C3)cc1. The largest absolute Gasteiger partial charge is 0.347 e. The van der Waals surface area contributed by atoms with Crippen LogP contribution in [-0.4, -0.2) is 19.9 Å². The number of aryl methyl sites for hydroxylation is 1. The smallest absolute Gasteiger partial charge is 0.261 e. The van der Waals surface area contributed by atoms with Crippen molar-refractivity contribution in [1.82, 2.24) is 5.32 Å². The van der Waals surface area contributed by atoms with Crippen molar-refractivity contribution in [3.8, 4) is 0 Å². The van der Waals surface area contributed by atoms with E-state index in [2.05, 4.69) is 10.0 Å². The maximum absolute atomic E-state index is 12.9. The van der Waals surface area contributed by atoms with E-state index in [9.17, 15) is 13.2 Å². The third-order valence-electron chi connectivity index (χ3n) is 7.23. The molecule has 4 aliphatic rings. The van der Waals surface area contributed by atoms with E-state index in [4.69, 9.17) is 0 Å². The van der Waals surface area contributed by atoms with Gasteiger partial charge in [0.25, 0.3) is 15.9 Å². The molecule has 2 N–H and O–H groups in total. The number of nitrogens with one attached hydrogen (secondary N) is 2. The second kappa shape index (κ2) is 7.12. The number of anilines is 1. The highest BCUT2D eigenvalue weighted by molar-refractivity contribution is 7.92. The van der Waals surface area contributed by atoms with Crippen LogP contribution in [0.3, 0.4) is 0 Å². The van der Waals surface area contributed by atoms with E-state index in [1.165, 1.54) is 31.4 Å². The number of sulfonamides is 1. The zero-order valence-electron chi connectivity index (χ0n) is 17.2. The van der Waals surface area contributed by atoms with Gasteiger partial charge in [0.1, 0.15) is 0 Å². The summed E-state index contributed by atoms with van der Waals surface area (Å²) >= 11 is 0. The molecule has 0 radical (unpaired) electrons. The van der Waals surface area contributed by atoms with E-state index >= 15 is 0 Å². The Morgan fingerprint density at radius 3 is 2.03 bits per heavy atom. The van der Waals surface area contributed by atoms with Crippen LogP contribution >= 0.6 is 0 Å². The van der Waals surface area contributed by atoms with E-state index in [1.54, 1.807) is 24.3 Å². The summed E-state index contributed by atoms with van der Waals surface area (Å²) in [4.78, 5) is 13.1. The van der Waals surface area contributed by atoms with Gasteiger partial charge in [0.2, 0.25) is 0 Å². The van der Waals surface area contributed by atoms with Crippen LogP contribution in [0.5, 0.6) is 0 Å². The minimum absolute atomic E-state index is 0.0526. The van der Waals surface area contributed by atoms with Gasteiger partial charge in [0, 0.05) is 11.1 Å². The summed E-state index contributed by atoms with van der Waals surface area (Å²) in [6, 6.07) is 13.5. The Balaban J connectivity index is 1.30. The second-order valence-electron chi connectivity index (χ2n) is 9.60. The molecule has 0 unspecified atom stereocenters. The molecule has 30 heavy (non-hydrogen) atoms. The van der Waals surface area contributed by atoms with Gasteiger partial charge in [-0.25, -0.2) is 8.42 Å². The number of amides is 1. The van der Waals surface area contributed by atoms with Crippen molar-refractivity contribution in [2.24, 2.45) is 17.8 Å². The molecule has 0 aromatic heterocycles. The Bertz CT molecular complexity index is 1040. The molecule has 4 saturated carbocycles.